The van der Waals surface area contributed by atoms with Crippen LogP contribution < -0.4 is 4.74 Å². The molecule has 0 spiro atoms. The number of carboxylic acids is 1. The number of carbonyl (C=O) groups is 1. The van der Waals surface area contributed by atoms with E-state index in [4.69, 9.17) is 9.84 Å². The summed E-state index contributed by atoms with van der Waals surface area (Å²) in [5, 5.41) is 13.2. The van der Waals surface area contributed by atoms with Crippen LogP contribution in [-0.4, -0.2) is 28.0 Å². The van der Waals surface area contributed by atoms with Crippen molar-refractivity contribution in [3.05, 3.63) is 36.0 Å². The molecule has 1 N–H and O–H groups in total. The molecule has 0 unspecified atom stereocenters. The van der Waals surface area contributed by atoms with E-state index in [9.17, 15) is 4.79 Å². The number of hydrogen-bond donors (Lipinski definition) is 1. The number of carboxylic acid groups (broad SMARTS) is 1. The van der Waals surface area contributed by atoms with Gasteiger partial charge in [0, 0.05) is 24.4 Å². The van der Waals surface area contributed by atoms with E-state index in [1.54, 1.807) is 25.0 Å². The molecule has 94 valence electrons. The van der Waals surface area contributed by atoms with Gasteiger partial charge in [-0.05, 0) is 12.1 Å². The molecule has 2 rings (SSSR count). The molecule has 0 aliphatic rings. The predicted molar refractivity (Wildman–Crippen MR) is 66.5 cm³/mol. The van der Waals surface area contributed by atoms with Crippen molar-refractivity contribution >= 4 is 5.97 Å². The zero-order chi connectivity index (χ0) is 13.1. The first-order valence-electron chi connectivity index (χ1n) is 5.49. The molecule has 0 radical (unpaired) electrons. The second-order valence-corrected chi connectivity index (χ2v) is 3.98. The molecule has 0 fully saturated rings. The number of aryl methyl sites for hydroxylation is 1. The lowest BCUT2D eigenvalue weighted by Crippen LogP contribution is -2.00. The number of nitrogens with zero attached hydrogens (tertiary/aromatic N) is 2. The second kappa shape index (κ2) is 4.91. The van der Waals surface area contributed by atoms with E-state index in [2.05, 4.69) is 5.10 Å². The van der Waals surface area contributed by atoms with Crippen molar-refractivity contribution in [3.8, 4) is 17.0 Å². The van der Waals surface area contributed by atoms with Gasteiger partial charge < -0.3 is 9.84 Å². The minimum absolute atomic E-state index is 0.0413. The molecule has 5 nitrogen and oxygen atoms in total. The minimum atomic E-state index is -0.868. The van der Waals surface area contributed by atoms with E-state index in [1.165, 1.54) is 0 Å². The number of methoxy groups -OCH3 is 1. The van der Waals surface area contributed by atoms with Crippen molar-refractivity contribution < 1.29 is 14.6 Å². The summed E-state index contributed by atoms with van der Waals surface area (Å²) in [6, 6.07) is 7.42. The molecule has 1 heterocycles. The first kappa shape index (κ1) is 12.2. The molecule has 0 atom stereocenters. The molecule has 0 aliphatic carbocycles. The lowest BCUT2D eigenvalue weighted by Gasteiger charge is -2.03. The zero-order valence-corrected chi connectivity index (χ0v) is 10.3. The number of aliphatic carboxylic acids is 1. The topological polar surface area (TPSA) is 64.4 Å². The molecular formula is C13H14N2O3. The second-order valence-electron chi connectivity index (χ2n) is 3.98. The highest BCUT2D eigenvalue weighted by atomic mass is 16.5. The highest BCUT2D eigenvalue weighted by Gasteiger charge is 2.13. The van der Waals surface area contributed by atoms with Crippen LogP contribution >= 0.6 is 0 Å². The van der Waals surface area contributed by atoms with Crippen LogP contribution in [-0.2, 0) is 18.3 Å². The van der Waals surface area contributed by atoms with Gasteiger partial charge in [-0.25, -0.2) is 0 Å². The quantitative estimate of drug-likeness (QED) is 0.892. The van der Waals surface area contributed by atoms with E-state index in [1.807, 2.05) is 24.3 Å². The Kier molecular flexibility index (Phi) is 3.32. The van der Waals surface area contributed by atoms with Crippen LogP contribution in [0.25, 0.3) is 11.3 Å². The largest absolute Gasteiger partial charge is 0.497 e. The van der Waals surface area contributed by atoms with Gasteiger partial charge in [0.25, 0.3) is 0 Å². The summed E-state index contributed by atoms with van der Waals surface area (Å²) in [6.45, 7) is 0. The van der Waals surface area contributed by atoms with Crippen molar-refractivity contribution in [2.45, 2.75) is 6.42 Å². The highest BCUT2D eigenvalue weighted by molar-refractivity contribution is 5.75. The third-order valence-electron chi connectivity index (χ3n) is 2.59. The summed E-state index contributed by atoms with van der Waals surface area (Å²) in [5.41, 5.74) is 2.23. The maximum atomic E-state index is 10.8. The molecule has 0 amide bonds. The van der Waals surface area contributed by atoms with Gasteiger partial charge >= 0.3 is 5.97 Å². The third-order valence-corrected chi connectivity index (χ3v) is 2.59. The van der Waals surface area contributed by atoms with Crippen molar-refractivity contribution in [2.24, 2.45) is 7.05 Å². The first-order valence-corrected chi connectivity index (χ1v) is 5.49. The molecule has 0 bridgehead atoms. The van der Waals surface area contributed by atoms with E-state index in [0.29, 0.717) is 11.3 Å². The average Bonchev–Trinajstić information content (AvgIpc) is 2.69. The van der Waals surface area contributed by atoms with Crippen LogP contribution in [0.2, 0.25) is 0 Å². The van der Waals surface area contributed by atoms with Gasteiger partial charge in [0.15, 0.2) is 0 Å². The number of aromatic nitrogens is 2. The number of benzene rings is 1. The molecule has 5 heteroatoms. The summed E-state index contributed by atoms with van der Waals surface area (Å²) < 4.78 is 6.77. The third kappa shape index (κ3) is 2.51. The normalized spacial score (nSPS) is 10.3. The van der Waals surface area contributed by atoms with Gasteiger partial charge in [-0.2, -0.15) is 5.10 Å². The standard InChI is InChI=1S/C13H14N2O3/c1-15-8-10(7-12(16)17)13(14-15)9-4-3-5-11(6-9)18-2/h3-6,8H,7H2,1-2H3,(H,16,17). The maximum Gasteiger partial charge on any atom is 0.307 e. The Balaban J connectivity index is 2.45. The van der Waals surface area contributed by atoms with Crippen LogP contribution in [0.15, 0.2) is 30.5 Å². The molecule has 0 saturated carbocycles. The van der Waals surface area contributed by atoms with Gasteiger partial charge in [0.05, 0.1) is 19.2 Å². The molecule has 1 aromatic carbocycles. The molecule has 2 aromatic rings. The average molecular weight is 246 g/mol. The maximum absolute atomic E-state index is 10.8. The molecule has 0 saturated heterocycles. The smallest absolute Gasteiger partial charge is 0.307 e. The van der Waals surface area contributed by atoms with Crippen molar-refractivity contribution in [2.75, 3.05) is 7.11 Å². The number of hydrogen-bond acceptors (Lipinski definition) is 3. The monoisotopic (exact) mass is 246 g/mol. The highest BCUT2D eigenvalue weighted by Crippen LogP contribution is 2.25. The predicted octanol–water partition coefficient (Wildman–Crippen LogP) is 1.72. The Bertz CT molecular complexity index is 575. The Labute approximate surface area is 105 Å². The van der Waals surface area contributed by atoms with Crippen molar-refractivity contribution in [1.29, 1.82) is 0 Å². The lowest BCUT2D eigenvalue weighted by atomic mass is 10.1. The fraction of sp³-hybridized carbons (Fsp3) is 0.231. The van der Waals surface area contributed by atoms with E-state index < -0.39 is 5.97 Å². The SMILES string of the molecule is COc1cccc(-c2nn(C)cc2CC(=O)O)c1. The Morgan fingerprint density at radius 2 is 2.28 bits per heavy atom. The van der Waals surface area contributed by atoms with Gasteiger partial charge in [-0.3, -0.25) is 9.48 Å². The summed E-state index contributed by atoms with van der Waals surface area (Å²) in [4.78, 5) is 10.8. The molecule has 1 aromatic heterocycles. The number of rotatable bonds is 4. The summed E-state index contributed by atoms with van der Waals surface area (Å²) in [5.74, 6) is -0.147. The van der Waals surface area contributed by atoms with Crippen LogP contribution in [0.5, 0.6) is 5.75 Å². The fourth-order valence-electron chi connectivity index (χ4n) is 1.84. The molecule has 0 aliphatic heterocycles. The van der Waals surface area contributed by atoms with Crippen LogP contribution in [0.3, 0.4) is 0 Å². The van der Waals surface area contributed by atoms with E-state index in [0.717, 1.165) is 11.3 Å². The lowest BCUT2D eigenvalue weighted by molar-refractivity contribution is -0.136. The molecular weight excluding hydrogens is 232 g/mol. The van der Waals surface area contributed by atoms with Crippen LogP contribution in [0, 0.1) is 0 Å². The van der Waals surface area contributed by atoms with Gasteiger partial charge in [-0.15, -0.1) is 0 Å². The van der Waals surface area contributed by atoms with Gasteiger partial charge in [0.2, 0.25) is 0 Å². The van der Waals surface area contributed by atoms with Crippen LogP contribution in [0.1, 0.15) is 5.56 Å². The van der Waals surface area contributed by atoms with Gasteiger partial charge in [0.1, 0.15) is 5.75 Å². The summed E-state index contributed by atoms with van der Waals surface area (Å²) >= 11 is 0. The minimum Gasteiger partial charge on any atom is -0.497 e. The summed E-state index contributed by atoms with van der Waals surface area (Å²) in [6.07, 6.45) is 1.68. The first-order chi connectivity index (χ1) is 8.60. The fourth-order valence-corrected chi connectivity index (χ4v) is 1.84. The van der Waals surface area contributed by atoms with Crippen LogP contribution in [0.4, 0.5) is 0 Å². The number of ether oxygens (including phenoxy) is 1. The molecule has 18 heavy (non-hydrogen) atoms. The summed E-state index contributed by atoms with van der Waals surface area (Å²) in [7, 11) is 3.37. The Morgan fingerprint density at radius 1 is 1.50 bits per heavy atom. The Morgan fingerprint density at radius 3 is 2.94 bits per heavy atom. The van der Waals surface area contributed by atoms with Gasteiger partial charge in [-0.1, -0.05) is 12.1 Å². The van der Waals surface area contributed by atoms with E-state index in [-0.39, 0.29) is 6.42 Å². The van der Waals surface area contributed by atoms with Crippen molar-refractivity contribution in [1.82, 2.24) is 9.78 Å². The van der Waals surface area contributed by atoms with Crippen molar-refractivity contribution in [3.63, 3.8) is 0 Å². The zero-order valence-electron chi connectivity index (χ0n) is 10.3. The van der Waals surface area contributed by atoms with E-state index >= 15 is 0 Å². The Hall–Kier alpha value is -2.30.